The summed E-state index contributed by atoms with van der Waals surface area (Å²) in [5.41, 5.74) is 0.0104. The van der Waals surface area contributed by atoms with E-state index in [0.29, 0.717) is 13.1 Å². The number of benzene rings is 1. The monoisotopic (exact) mass is 395 g/mol. The normalized spacial score (nSPS) is 27.1. The molecule has 1 aromatic carbocycles. The zero-order valence-electron chi connectivity index (χ0n) is 15.0. The molecule has 2 saturated heterocycles. The number of hydrogen-bond donors (Lipinski definition) is 1. The molecule has 9 heteroatoms. The average molecular weight is 395 g/mol. The van der Waals surface area contributed by atoms with Gasteiger partial charge in [0.1, 0.15) is 17.4 Å². The van der Waals surface area contributed by atoms with Gasteiger partial charge in [-0.1, -0.05) is 6.07 Å². The molecule has 0 radical (unpaired) electrons. The number of nitrogens with one attached hydrogen (secondary N) is 1. The number of anilines is 1. The highest BCUT2D eigenvalue weighted by molar-refractivity contribution is 7.91. The number of carbonyl (C=O) groups excluding carboxylic acids is 1. The first kappa shape index (κ1) is 19.6. The van der Waals surface area contributed by atoms with Crippen LogP contribution in [-0.4, -0.2) is 63.1 Å². The molecule has 0 saturated carbocycles. The second-order valence-electron chi connectivity index (χ2n) is 6.99. The Kier molecular flexibility index (Phi) is 5.67. The van der Waals surface area contributed by atoms with Gasteiger partial charge in [0.05, 0.1) is 35.3 Å². The van der Waals surface area contributed by atoms with Crippen LogP contribution in [0.1, 0.15) is 18.4 Å². The van der Waals surface area contributed by atoms with E-state index in [1.165, 1.54) is 12.1 Å². The number of carbonyl (C=O) groups is 1. The van der Waals surface area contributed by atoms with Gasteiger partial charge in [0, 0.05) is 20.2 Å². The summed E-state index contributed by atoms with van der Waals surface area (Å²) in [7, 11) is -1.82. The Morgan fingerprint density at radius 2 is 2.19 bits per heavy atom. The number of nitriles is 1. The van der Waals surface area contributed by atoms with Gasteiger partial charge >= 0.3 is 0 Å². The predicted molar refractivity (Wildman–Crippen MR) is 97.3 cm³/mol. The van der Waals surface area contributed by atoms with Crippen molar-refractivity contribution in [1.82, 2.24) is 4.90 Å². The number of methoxy groups -OCH3 is 1. The standard InChI is InChI=1S/C18H22FN3O4S/c1-26-12-4-3-7-22(9-12)18(23)14-10-27(24,25)11-17(14)21-16-6-2-5-15(19)13(16)8-20/h2,5-6,12,14,17,21H,3-4,7,9-11H2,1H3/t12?,14-,17-/m1/s1. The van der Waals surface area contributed by atoms with Crippen LogP contribution in [0.4, 0.5) is 10.1 Å². The zero-order chi connectivity index (χ0) is 19.6. The number of halogens is 1. The van der Waals surface area contributed by atoms with Gasteiger partial charge in [-0.25, -0.2) is 12.8 Å². The number of ether oxygens (including phenoxy) is 1. The van der Waals surface area contributed by atoms with Gasteiger partial charge in [0.2, 0.25) is 5.91 Å². The van der Waals surface area contributed by atoms with Gasteiger partial charge in [-0.3, -0.25) is 4.79 Å². The number of piperidine rings is 1. The molecule has 1 N–H and O–H groups in total. The van der Waals surface area contributed by atoms with Crippen molar-refractivity contribution in [2.45, 2.75) is 25.0 Å². The molecule has 1 unspecified atom stereocenters. The molecular weight excluding hydrogens is 373 g/mol. The molecule has 2 heterocycles. The maximum Gasteiger partial charge on any atom is 0.228 e. The van der Waals surface area contributed by atoms with Crippen LogP contribution in [0.3, 0.4) is 0 Å². The van der Waals surface area contributed by atoms with E-state index in [-0.39, 0.29) is 34.8 Å². The molecule has 146 valence electrons. The Morgan fingerprint density at radius 1 is 1.41 bits per heavy atom. The van der Waals surface area contributed by atoms with Gasteiger partial charge in [0.25, 0.3) is 0 Å². The summed E-state index contributed by atoms with van der Waals surface area (Å²) in [6, 6.07) is 5.18. The lowest BCUT2D eigenvalue weighted by Crippen LogP contribution is -2.48. The van der Waals surface area contributed by atoms with E-state index in [4.69, 9.17) is 4.74 Å². The lowest BCUT2D eigenvalue weighted by atomic mass is 9.98. The van der Waals surface area contributed by atoms with Crippen LogP contribution in [0.5, 0.6) is 0 Å². The first-order valence-electron chi connectivity index (χ1n) is 8.82. The number of nitrogens with zero attached hydrogens (tertiary/aromatic N) is 2. The van der Waals surface area contributed by atoms with Gasteiger partial charge < -0.3 is 15.0 Å². The minimum absolute atomic E-state index is 0.0551. The summed E-state index contributed by atoms with van der Waals surface area (Å²) in [5, 5.41) is 12.1. The van der Waals surface area contributed by atoms with E-state index < -0.39 is 27.6 Å². The zero-order valence-corrected chi connectivity index (χ0v) is 15.8. The van der Waals surface area contributed by atoms with Crippen molar-refractivity contribution in [1.29, 1.82) is 5.26 Å². The molecule has 0 aromatic heterocycles. The van der Waals surface area contributed by atoms with Crippen molar-refractivity contribution in [2.75, 3.05) is 37.0 Å². The second-order valence-corrected chi connectivity index (χ2v) is 9.15. The number of likely N-dealkylation sites (tertiary alicyclic amines) is 1. The number of amides is 1. The van der Waals surface area contributed by atoms with Crippen molar-refractivity contribution >= 4 is 21.4 Å². The van der Waals surface area contributed by atoms with E-state index in [1.807, 2.05) is 0 Å². The molecule has 0 bridgehead atoms. The fraction of sp³-hybridized carbons (Fsp3) is 0.556. The minimum Gasteiger partial charge on any atom is -0.380 e. The van der Waals surface area contributed by atoms with Crippen molar-refractivity contribution in [3.05, 3.63) is 29.6 Å². The highest BCUT2D eigenvalue weighted by Gasteiger charge is 2.44. The summed E-state index contributed by atoms with van der Waals surface area (Å²) >= 11 is 0. The number of hydrogen-bond acceptors (Lipinski definition) is 6. The summed E-state index contributed by atoms with van der Waals surface area (Å²) in [4.78, 5) is 14.6. The summed E-state index contributed by atoms with van der Waals surface area (Å²) in [6.07, 6.45) is 1.60. The van der Waals surface area contributed by atoms with E-state index in [0.717, 1.165) is 18.9 Å². The number of sulfone groups is 1. The van der Waals surface area contributed by atoms with E-state index in [9.17, 15) is 22.9 Å². The minimum atomic E-state index is -3.42. The first-order chi connectivity index (χ1) is 12.8. The Labute approximate surface area is 158 Å². The van der Waals surface area contributed by atoms with E-state index in [2.05, 4.69) is 5.32 Å². The lowest BCUT2D eigenvalue weighted by Gasteiger charge is -2.34. The smallest absolute Gasteiger partial charge is 0.228 e. The van der Waals surface area contributed by atoms with Crippen molar-refractivity contribution in [3.63, 3.8) is 0 Å². The third-order valence-electron chi connectivity index (χ3n) is 5.16. The highest BCUT2D eigenvalue weighted by Crippen LogP contribution is 2.28. The SMILES string of the molecule is COC1CCCN(C(=O)[C@@H]2CS(=O)(=O)C[C@H]2Nc2cccc(F)c2C#N)C1. The van der Waals surface area contributed by atoms with Crippen molar-refractivity contribution in [3.8, 4) is 6.07 Å². The Hall–Kier alpha value is -2.18. The average Bonchev–Trinajstić information content (AvgIpc) is 2.95. The largest absolute Gasteiger partial charge is 0.380 e. The van der Waals surface area contributed by atoms with Crippen LogP contribution in [0.15, 0.2) is 18.2 Å². The molecular formula is C18H22FN3O4S. The third kappa shape index (κ3) is 4.22. The Balaban J connectivity index is 1.83. The highest BCUT2D eigenvalue weighted by atomic mass is 32.2. The lowest BCUT2D eigenvalue weighted by molar-refractivity contribution is -0.138. The molecule has 0 aliphatic carbocycles. The van der Waals surface area contributed by atoms with Crippen LogP contribution in [-0.2, 0) is 19.4 Å². The van der Waals surface area contributed by atoms with Crippen LogP contribution < -0.4 is 5.32 Å². The van der Waals surface area contributed by atoms with Gasteiger partial charge in [-0.15, -0.1) is 0 Å². The van der Waals surface area contributed by atoms with E-state index >= 15 is 0 Å². The molecule has 2 aliphatic heterocycles. The fourth-order valence-electron chi connectivity index (χ4n) is 3.76. The first-order valence-corrected chi connectivity index (χ1v) is 10.6. The van der Waals surface area contributed by atoms with Crippen LogP contribution in [0.2, 0.25) is 0 Å². The molecule has 3 atom stereocenters. The Morgan fingerprint density at radius 3 is 2.89 bits per heavy atom. The van der Waals surface area contributed by atoms with E-state index in [1.54, 1.807) is 18.1 Å². The quantitative estimate of drug-likeness (QED) is 0.821. The van der Waals surface area contributed by atoms with Gasteiger partial charge in [-0.05, 0) is 25.0 Å². The fourth-order valence-corrected chi connectivity index (χ4v) is 5.68. The third-order valence-corrected chi connectivity index (χ3v) is 6.89. The van der Waals surface area contributed by atoms with Crippen molar-refractivity contribution in [2.24, 2.45) is 5.92 Å². The van der Waals surface area contributed by atoms with Gasteiger partial charge in [0.15, 0.2) is 9.84 Å². The summed E-state index contributed by atoms with van der Waals surface area (Å²) < 4.78 is 43.6. The predicted octanol–water partition coefficient (Wildman–Crippen LogP) is 1.16. The molecule has 1 amide bonds. The van der Waals surface area contributed by atoms with Crippen LogP contribution >= 0.6 is 0 Å². The maximum absolute atomic E-state index is 13.8. The van der Waals surface area contributed by atoms with Gasteiger partial charge in [-0.2, -0.15) is 5.26 Å². The maximum atomic E-state index is 13.8. The molecule has 7 nitrogen and oxygen atoms in total. The second kappa shape index (κ2) is 7.82. The molecule has 3 rings (SSSR count). The molecule has 2 aliphatic rings. The molecule has 2 fully saturated rings. The summed E-state index contributed by atoms with van der Waals surface area (Å²) in [6.45, 7) is 0.993. The topological polar surface area (TPSA) is 99.5 Å². The molecule has 27 heavy (non-hydrogen) atoms. The van der Waals surface area contributed by atoms with Crippen LogP contribution in [0.25, 0.3) is 0 Å². The molecule has 0 spiro atoms. The van der Waals surface area contributed by atoms with Crippen molar-refractivity contribution < 1.29 is 22.3 Å². The Bertz CT molecular complexity index is 868. The molecule has 1 aromatic rings. The summed E-state index contributed by atoms with van der Waals surface area (Å²) in [5.74, 6) is -2.20. The van der Waals surface area contributed by atoms with Crippen LogP contribution in [0, 0.1) is 23.1 Å². The number of rotatable bonds is 4.